The van der Waals surface area contributed by atoms with E-state index in [1.165, 1.54) is 4.90 Å². The van der Waals surface area contributed by atoms with Crippen LogP contribution in [0, 0.1) is 0 Å². The number of likely N-dealkylation sites (tertiary alicyclic amines) is 1. The van der Waals surface area contributed by atoms with Gasteiger partial charge in [0.15, 0.2) is 5.82 Å². The Labute approximate surface area is 158 Å². The van der Waals surface area contributed by atoms with Gasteiger partial charge in [0, 0.05) is 25.3 Å². The molecule has 2 amide bonds. The summed E-state index contributed by atoms with van der Waals surface area (Å²) >= 11 is 0. The van der Waals surface area contributed by atoms with Gasteiger partial charge < -0.3 is 19.5 Å². The standard InChI is InChI=1S/C18H27N5O4/c1-12(2)15-20-16(27-21-15)13-4-3-9-23(13)14(24)10-22-11-18(26-17(22)25)5-7-19-8-6-18/h12-13,19H,3-11H2,1-2H3/t13-/m0/s1. The molecule has 4 rings (SSSR count). The molecule has 4 heterocycles. The summed E-state index contributed by atoms with van der Waals surface area (Å²) in [5.41, 5.74) is -0.439. The quantitative estimate of drug-likeness (QED) is 0.847. The zero-order valence-electron chi connectivity index (χ0n) is 15.9. The van der Waals surface area contributed by atoms with E-state index in [1.807, 2.05) is 13.8 Å². The minimum atomic E-state index is -0.439. The fourth-order valence-electron chi connectivity index (χ4n) is 4.15. The van der Waals surface area contributed by atoms with E-state index in [0.717, 1.165) is 38.8 Å². The van der Waals surface area contributed by atoms with Crippen molar-refractivity contribution >= 4 is 12.0 Å². The molecular weight excluding hydrogens is 350 g/mol. The third-order valence-corrected chi connectivity index (χ3v) is 5.71. The SMILES string of the molecule is CC(C)c1noc([C@@H]2CCCN2C(=O)CN2CC3(CCNCC3)OC2=O)n1. The molecule has 0 aromatic carbocycles. The van der Waals surface area contributed by atoms with E-state index in [4.69, 9.17) is 9.26 Å². The predicted octanol–water partition coefficient (Wildman–Crippen LogP) is 1.43. The number of nitrogens with one attached hydrogen (secondary N) is 1. The number of aromatic nitrogens is 2. The molecule has 3 aliphatic rings. The van der Waals surface area contributed by atoms with Crippen LogP contribution in [-0.2, 0) is 9.53 Å². The summed E-state index contributed by atoms with van der Waals surface area (Å²) in [5, 5.41) is 7.29. The average molecular weight is 377 g/mol. The number of rotatable bonds is 4. The lowest BCUT2D eigenvalue weighted by molar-refractivity contribution is -0.133. The average Bonchev–Trinajstić information content (AvgIpc) is 3.35. The highest BCUT2D eigenvalue weighted by molar-refractivity contribution is 5.83. The third-order valence-electron chi connectivity index (χ3n) is 5.71. The van der Waals surface area contributed by atoms with Crippen LogP contribution < -0.4 is 5.32 Å². The first-order chi connectivity index (χ1) is 13.0. The van der Waals surface area contributed by atoms with Crippen LogP contribution in [-0.4, -0.2) is 70.3 Å². The van der Waals surface area contributed by atoms with Crippen molar-refractivity contribution < 1.29 is 18.8 Å². The molecule has 0 saturated carbocycles. The molecule has 3 saturated heterocycles. The Morgan fingerprint density at radius 2 is 2.15 bits per heavy atom. The number of carbonyl (C=O) groups is 2. The first-order valence-corrected chi connectivity index (χ1v) is 9.79. The molecule has 9 nitrogen and oxygen atoms in total. The van der Waals surface area contributed by atoms with E-state index < -0.39 is 5.60 Å². The second-order valence-corrected chi connectivity index (χ2v) is 8.05. The minimum Gasteiger partial charge on any atom is -0.441 e. The summed E-state index contributed by atoms with van der Waals surface area (Å²) in [4.78, 5) is 33.0. The van der Waals surface area contributed by atoms with Crippen LogP contribution in [0.3, 0.4) is 0 Å². The third kappa shape index (κ3) is 3.52. The molecule has 1 N–H and O–H groups in total. The van der Waals surface area contributed by atoms with Crippen molar-refractivity contribution in [2.24, 2.45) is 0 Å². The molecule has 27 heavy (non-hydrogen) atoms. The molecule has 0 aliphatic carbocycles. The summed E-state index contributed by atoms with van der Waals surface area (Å²) in [6.07, 6.45) is 2.87. The molecule has 3 aliphatic heterocycles. The van der Waals surface area contributed by atoms with Gasteiger partial charge >= 0.3 is 6.09 Å². The minimum absolute atomic E-state index is 0.0374. The molecular formula is C18H27N5O4. The van der Waals surface area contributed by atoms with Crippen molar-refractivity contribution in [2.75, 3.05) is 32.7 Å². The highest BCUT2D eigenvalue weighted by Crippen LogP contribution is 2.34. The maximum atomic E-state index is 12.9. The molecule has 3 fully saturated rings. The predicted molar refractivity (Wildman–Crippen MR) is 95.0 cm³/mol. The molecule has 0 radical (unpaired) electrons. The molecule has 1 atom stereocenters. The van der Waals surface area contributed by atoms with Crippen molar-refractivity contribution in [1.82, 2.24) is 25.3 Å². The van der Waals surface area contributed by atoms with E-state index in [9.17, 15) is 9.59 Å². The second-order valence-electron chi connectivity index (χ2n) is 8.05. The molecule has 1 aromatic rings. The van der Waals surface area contributed by atoms with Crippen molar-refractivity contribution in [1.29, 1.82) is 0 Å². The fourth-order valence-corrected chi connectivity index (χ4v) is 4.15. The summed E-state index contributed by atoms with van der Waals surface area (Å²) in [6, 6.07) is -0.205. The number of carbonyl (C=O) groups excluding carboxylic acids is 2. The van der Waals surface area contributed by atoms with Gasteiger partial charge in [0.05, 0.1) is 6.54 Å². The van der Waals surface area contributed by atoms with Gasteiger partial charge in [-0.15, -0.1) is 0 Å². The van der Waals surface area contributed by atoms with Crippen LogP contribution in [0.1, 0.15) is 63.2 Å². The Balaban J connectivity index is 1.42. The lowest BCUT2D eigenvalue weighted by Gasteiger charge is -2.31. The van der Waals surface area contributed by atoms with Crippen molar-refractivity contribution in [3.05, 3.63) is 11.7 Å². The zero-order valence-corrected chi connectivity index (χ0v) is 15.9. The van der Waals surface area contributed by atoms with Gasteiger partial charge in [0.2, 0.25) is 11.8 Å². The largest absolute Gasteiger partial charge is 0.441 e. The van der Waals surface area contributed by atoms with Crippen molar-refractivity contribution in [3.63, 3.8) is 0 Å². The number of nitrogens with zero attached hydrogens (tertiary/aromatic N) is 4. The Morgan fingerprint density at radius 1 is 1.37 bits per heavy atom. The van der Waals surface area contributed by atoms with E-state index in [1.54, 1.807) is 4.90 Å². The van der Waals surface area contributed by atoms with Gasteiger partial charge in [-0.1, -0.05) is 19.0 Å². The lowest BCUT2D eigenvalue weighted by atomic mass is 9.92. The van der Waals surface area contributed by atoms with Gasteiger partial charge in [-0.2, -0.15) is 4.98 Å². The first kappa shape index (κ1) is 18.2. The van der Waals surface area contributed by atoms with Gasteiger partial charge in [0.25, 0.3) is 0 Å². The maximum absolute atomic E-state index is 12.9. The zero-order chi connectivity index (χ0) is 19.0. The number of ether oxygens (including phenoxy) is 1. The van der Waals surface area contributed by atoms with Crippen LogP contribution in [0.2, 0.25) is 0 Å². The van der Waals surface area contributed by atoms with Gasteiger partial charge in [-0.3, -0.25) is 9.69 Å². The van der Waals surface area contributed by atoms with Gasteiger partial charge in [-0.25, -0.2) is 4.79 Å². The Hall–Kier alpha value is -2.16. The van der Waals surface area contributed by atoms with Crippen LogP contribution in [0.25, 0.3) is 0 Å². The Morgan fingerprint density at radius 3 is 2.85 bits per heavy atom. The summed E-state index contributed by atoms with van der Waals surface area (Å²) in [6.45, 7) is 6.83. The van der Waals surface area contributed by atoms with Gasteiger partial charge in [0.1, 0.15) is 18.2 Å². The number of piperidine rings is 1. The molecule has 148 valence electrons. The highest BCUT2D eigenvalue weighted by Gasteiger charge is 2.47. The number of hydrogen-bond acceptors (Lipinski definition) is 7. The van der Waals surface area contributed by atoms with Crippen molar-refractivity contribution in [3.8, 4) is 0 Å². The van der Waals surface area contributed by atoms with Crippen molar-refractivity contribution in [2.45, 2.75) is 57.1 Å². The second kappa shape index (κ2) is 7.10. The van der Waals surface area contributed by atoms with E-state index in [-0.39, 0.29) is 30.5 Å². The molecule has 1 aromatic heterocycles. The van der Waals surface area contributed by atoms with Crippen LogP contribution >= 0.6 is 0 Å². The summed E-state index contributed by atoms with van der Waals surface area (Å²) in [7, 11) is 0. The van der Waals surface area contributed by atoms with E-state index in [0.29, 0.717) is 24.8 Å². The Kier molecular flexibility index (Phi) is 4.79. The smallest absolute Gasteiger partial charge is 0.410 e. The normalized spacial score (nSPS) is 24.9. The highest BCUT2D eigenvalue weighted by atomic mass is 16.6. The topological polar surface area (TPSA) is 101 Å². The number of amides is 2. The fraction of sp³-hybridized carbons (Fsp3) is 0.778. The maximum Gasteiger partial charge on any atom is 0.410 e. The Bertz CT molecular complexity index is 712. The summed E-state index contributed by atoms with van der Waals surface area (Å²) < 4.78 is 11.0. The molecule has 0 bridgehead atoms. The van der Waals surface area contributed by atoms with Crippen LogP contribution in [0.5, 0.6) is 0 Å². The van der Waals surface area contributed by atoms with E-state index >= 15 is 0 Å². The number of hydrogen-bond donors (Lipinski definition) is 1. The lowest BCUT2D eigenvalue weighted by Crippen LogP contribution is -2.46. The monoisotopic (exact) mass is 377 g/mol. The van der Waals surface area contributed by atoms with Crippen LogP contribution in [0.4, 0.5) is 4.79 Å². The van der Waals surface area contributed by atoms with Crippen LogP contribution in [0.15, 0.2) is 4.52 Å². The van der Waals surface area contributed by atoms with Gasteiger partial charge in [-0.05, 0) is 25.9 Å². The molecule has 0 unspecified atom stereocenters. The molecule has 9 heteroatoms. The first-order valence-electron chi connectivity index (χ1n) is 9.79. The van der Waals surface area contributed by atoms with E-state index in [2.05, 4.69) is 15.5 Å². The molecule has 1 spiro atoms. The summed E-state index contributed by atoms with van der Waals surface area (Å²) in [5.74, 6) is 1.22.